The highest BCUT2D eigenvalue weighted by atomic mass is 32.2. The Bertz CT molecular complexity index is 409. The summed E-state index contributed by atoms with van der Waals surface area (Å²) in [5.41, 5.74) is 1.36. The first-order valence-corrected chi connectivity index (χ1v) is 7.38. The van der Waals surface area contributed by atoms with Gasteiger partial charge in [0, 0.05) is 11.8 Å². The summed E-state index contributed by atoms with van der Waals surface area (Å²) in [6, 6.07) is 4.73. The van der Waals surface area contributed by atoms with E-state index < -0.39 is 0 Å². The van der Waals surface area contributed by atoms with Gasteiger partial charge in [-0.05, 0) is 31.0 Å². The van der Waals surface area contributed by atoms with Gasteiger partial charge < -0.3 is 14.8 Å². The molecular formula is C14H21NO2S. The standard InChI is InChI=1S/C14H21NO2S/c1-4-7-15-11-8-10-5-6-12(16-2)13(17-3)14(10)18-9-11/h5-6,11,15H,4,7-9H2,1-3H3. The molecule has 0 radical (unpaired) electrons. The second-order valence-electron chi connectivity index (χ2n) is 4.46. The van der Waals surface area contributed by atoms with Crippen molar-refractivity contribution in [1.82, 2.24) is 5.32 Å². The monoisotopic (exact) mass is 267 g/mol. The lowest BCUT2D eigenvalue weighted by molar-refractivity contribution is 0.346. The van der Waals surface area contributed by atoms with Crippen LogP contribution in [0.15, 0.2) is 17.0 Å². The second-order valence-corrected chi connectivity index (χ2v) is 5.49. The molecule has 0 saturated carbocycles. The van der Waals surface area contributed by atoms with Crippen molar-refractivity contribution in [1.29, 1.82) is 0 Å². The van der Waals surface area contributed by atoms with Crippen LogP contribution in [0.4, 0.5) is 0 Å². The predicted octanol–water partition coefficient (Wildman–Crippen LogP) is 2.72. The topological polar surface area (TPSA) is 30.5 Å². The molecule has 0 bridgehead atoms. The molecule has 1 aromatic rings. The third kappa shape index (κ3) is 2.75. The summed E-state index contributed by atoms with van der Waals surface area (Å²) in [4.78, 5) is 1.24. The molecule has 1 unspecified atom stereocenters. The molecule has 18 heavy (non-hydrogen) atoms. The van der Waals surface area contributed by atoms with Gasteiger partial charge in [-0.25, -0.2) is 0 Å². The fourth-order valence-electron chi connectivity index (χ4n) is 2.25. The number of benzene rings is 1. The van der Waals surface area contributed by atoms with Crippen LogP contribution in [0.1, 0.15) is 18.9 Å². The maximum Gasteiger partial charge on any atom is 0.174 e. The molecule has 0 spiro atoms. The van der Waals surface area contributed by atoms with Gasteiger partial charge >= 0.3 is 0 Å². The Hall–Kier alpha value is -0.870. The Morgan fingerprint density at radius 3 is 2.83 bits per heavy atom. The van der Waals surface area contributed by atoms with Gasteiger partial charge in [-0.15, -0.1) is 11.8 Å². The van der Waals surface area contributed by atoms with Crippen molar-refractivity contribution in [2.75, 3.05) is 26.5 Å². The zero-order valence-electron chi connectivity index (χ0n) is 11.3. The Morgan fingerprint density at radius 2 is 2.17 bits per heavy atom. The van der Waals surface area contributed by atoms with E-state index in [1.54, 1.807) is 14.2 Å². The molecule has 0 aliphatic carbocycles. The summed E-state index contributed by atoms with van der Waals surface area (Å²) in [7, 11) is 3.39. The molecule has 1 atom stereocenters. The minimum Gasteiger partial charge on any atom is -0.493 e. The van der Waals surface area contributed by atoms with E-state index in [-0.39, 0.29) is 0 Å². The summed E-state index contributed by atoms with van der Waals surface area (Å²) in [6.45, 7) is 3.29. The third-order valence-corrected chi connectivity index (χ3v) is 4.47. The van der Waals surface area contributed by atoms with Crippen LogP contribution in [0.2, 0.25) is 0 Å². The van der Waals surface area contributed by atoms with Crippen molar-refractivity contribution < 1.29 is 9.47 Å². The molecule has 0 saturated heterocycles. The van der Waals surface area contributed by atoms with Gasteiger partial charge in [0.25, 0.3) is 0 Å². The van der Waals surface area contributed by atoms with E-state index in [9.17, 15) is 0 Å². The summed E-state index contributed by atoms with van der Waals surface area (Å²) in [5, 5.41) is 3.59. The molecule has 100 valence electrons. The number of rotatable bonds is 5. The number of fused-ring (bicyclic) bond motifs is 1. The maximum absolute atomic E-state index is 5.48. The van der Waals surface area contributed by atoms with Crippen molar-refractivity contribution in [3.8, 4) is 11.5 Å². The first-order valence-electron chi connectivity index (χ1n) is 6.40. The quantitative estimate of drug-likeness (QED) is 0.888. The minimum absolute atomic E-state index is 0.570. The summed E-state index contributed by atoms with van der Waals surface area (Å²) < 4.78 is 10.8. The Kier molecular flexibility index (Phi) is 4.78. The molecule has 1 aliphatic heterocycles. The van der Waals surface area contributed by atoms with E-state index in [1.165, 1.54) is 16.9 Å². The van der Waals surface area contributed by atoms with Gasteiger partial charge in [0.1, 0.15) is 0 Å². The average Bonchev–Trinajstić information content (AvgIpc) is 2.43. The fourth-order valence-corrected chi connectivity index (χ4v) is 3.50. The lowest BCUT2D eigenvalue weighted by atomic mass is 10.1. The minimum atomic E-state index is 0.570. The number of nitrogens with one attached hydrogen (secondary N) is 1. The van der Waals surface area contributed by atoms with Gasteiger partial charge in [0.15, 0.2) is 11.5 Å². The number of hydrogen-bond donors (Lipinski definition) is 1. The van der Waals surface area contributed by atoms with Crippen molar-refractivity contribution in [3.63, 3.8) is 0 Å². The SMILES string of the molecule is CCCNC1CSc2c(ccc(OC)c2OC)C1. The van der Waals surface area contributed by atoms with Crippen LogP contribution in [0.5, 0.6) is 11.5 Å². The molecule has 0 amide bonds. The van der Waals surface area contributed by atoms with E-state index in [0.29, 0.717) is 6.04 Å². The van der Waals surface area contributed by atoms with Gasteiger partial charge in [-0.1, -0.05) is 13.0 Å². The molecule has 1 aromatic carbocycles. The molecule has 1 N–H and O–H groups in total. The average molecular weight is 267 g/mol. The molecule has 2 rings (SSSR count). The van der Waals surface area contributed by atoms with Crippen LogP contribution in [0, 0.1) is 0 Å². The molecule has 1 heterocycles. The van der Waals surface area contributed by atoms with Crippen LogP contribution in [0.25, 0.3) is 0 Å². The maximum atomic E-state index is 5.48. The number of ether oxygens (including phenoxy) is 2. The van der Waals surface area contributed by atoms with Crippen LogP contribution in [-0.4, -0.2) is 32.6 Å². The van der Waals surface area contributed by atoms with E-state index in [4.69, 9.17) is 9.47 Å². The van der Waals surface area contributed by atoms with Gasteiger partial charge in [0.2, 0.25) is 0 Å². The summed E-state index contributed by atoms with van der Waals surface area (Å²) in [5.74, 6) is 2.80. The summed E-state index contributed by atoms with van der Waals surface area (Å²) >= 11 is 1.86. The van der Waals surface area contributed by atoms with Crippen molar-refractivity contribution in [2.45, 2.75) is 30.7 Å². The first kappa shape index (κ1) is 13.6. The predicted molar refractivity (Wildman–Crippen MR) is 76.1 cm³/mol. The smallest absolute Gasteiger partial charge is 0.174 e. The highest BCUT2D eigenvalue weighted by Gasteiger charge is 2.23. The van der Waals surface area contributed by atoms with Crippen LogP contribution >= 0.6 is 11.8 Å². The Balaban J connectivity index is 2.19. The van der Waals surface area contributed by atoms with Crippen LogP contribution in [0.3, 0.4) is 0 Å². The van der Waals surface area contributed by atoms with Crippen LogP contribution < -0.4 is 14.8 Å². The summed E-state index contributed by atoms with van der Waals surface area (Å²) in [6.07, 6.45) is 2.25. The molecule has 3 nitrogen and oxygen atoms in total. The highest BCUT2D eigenvalue weighted by molar-refractivity contribution is 7.99. The molecule has 0 aromatic heterocycles. The molecule has 1 aliphatic rings. The van der Waals surface area contributed by atoms with E-state index in [0.717, 1.165) is 30.2 Å². The zero-order chi connectivity index (χ0) is 13.0. The lowest BCUT2D eigenvalue weighted by Gasteiger charge is -2.27. The van der Waals surface area contributed by atoms with Gasteiger partial charge in [0.05, 0.1) is 19.1 Å². The van der Waals surface area contributed by atoms with Crippen molar-refractivity contribution in [3.05, 3.63) is 17.7 Å². The molecule has 0 fully saturated rings. The van der Waals surface area contributed by atoms with Crippen molar-refractivity contribution >= 4 is 11.8 Å². The number of methoxy groups -OCH3 is 2. The van der Waals surface area contributed by atoms with E-state index in [1.807, 2.05) is 17.8 Å². The molecular weight excluding hydrogens is 246 g/mol. The highest BCUT2D eigenvalue weighted by Crippen LogP contribution is 2.43. The number of hydrogen-bond acceptors (Lipinski definition) is 4. The second kappa shape index (κ2) is 6.34. The van der Waals surface area contributed by atoms with Crippen molar-refractivity contribution in [2.24, 2.45) is 0 Å². The van der Waals surface area contributed by atoms with E-state index >= 15 is 0 Å². The van der Waals surface area contributed by atoms with Crippen LogP contribution in [-0.2, 0) is 6.42 Å². The van der Waals surface area contributed by atoms with Gasteiger partial charge in [-0.2, -0.15) is 0 Å². The Labute approximate surface area is 113 Å². The largest absolute Gasteiger partial charge is 0.493 e. The lowest BCUT2D eigenvalue weighted by Crippen LogP contribution is -2.36. The normalized spacial score (nSPS) is 18.3. The first-order chi connectivity index (χ1) is 8.80. The Morgan fingerprint density at radius 1 is 1.33 bits per heavy atom. The third-order valence-electron chi connectivity index (χ3n) is 3.16. The number of thioether (sulfide) groups is 1. The zero-order valence-corrected chi connectivity index (χ0v) is 12.1. The van der Waals surface area contributed by atoms with Gasteiger partial charge in [-0.3, -0.25) is 0 Å². The van der Waals surface area contributed by atoms with E-state index in [2.05, 4.69) is 18.3 Å². The fraction of sp³-hybridized carbons (Fsp3) is 0.571. The molecule has 4 heteroatoms.